The maximum Gasteiger partial charge on any atom is 0.0634 e. The van der Waals surface area contributed by atoms with Gasteiger partial charge in [0, 0.05) is 19.8 Å². The van der Waals surface area contributed by atoms with Crippen LogP contribution in [-0.4, -0.2) is 38.5 Å². The quantitative estimate of drug-likeness (QED) is 0.701. The van der Waals surface area contributed by atoms with Gasteiger partial charge in [0.25, 0.3) is 0 Å². The Kier molecular flexibility index (Phi) is 4.16. The highest BCUT2D eigenvalue weighted by Crippen LogP contribution is 2.12. The van der Waals surface area contributed by atoms with Crippen LogP contribution in [0.5, 0.6) is 0 Å². The Morgan fingerprint density at radius 3 is 2.85 bits per heavy atom. The number of nitrogens with one attached hydrogen (secondary N) is 1. The molecule has 0 saturated carbocycles. The first kappa shape index (κ1) is 11.0. The Hall–Kier alpha value is -0.120. The summed E-state index contributed by atoms with van der Waals surface area (Å²) >= 11 is 0. The number of methoxy groups -OCH3 is 1. The Morgan fingerprint density at radius 2 is 2.31 bits per heavy atom. The lowest BCUT2D eigenvalue weighted by Gasteiger charge is -2.23. The van der Waals surface area contributed by atoms with E-state index in [2.05, 4.69) is 19.2 Å². The van der Waals surface area contributed by atoms with E-state index in [1.54, 1.807) is 7.11 Å². The largest absolute Gasteiger partial charge is 0.380 e. The average Bonchev–Trinajstić information content (AvgIpc) is 2.57. The van der Waals surface area contributed by atoms with Crippen molar-refractivity contribution in [2.24, 2.45) is 0 Å². The zero-order valence-corrected chi connectivity index (χ0v) is 8.93. The molecule has 1 fully saturated rings. The van der Waals surface area contributed by atoms with Crippen LogP contribution in [-0.2, 0) is 9.47 Å². The molecular formula is C10H21NO2. The molecule has 78 valence electrons. The molecule has 13 heavy (non-hydrogen) atoms. The highest BCUT2D eigenvalue weighted by molar-refractivity contribution is 4.74. The van der Waals surface area contributed by atoms with Gasteiger partial charge in [-0.3, -0.25) is 0 Å². The van der Waals surface area contributed by atoms with Gasteiger partial charge in [0.2, 0.25) is 0 Å². The zero-order valence-electron chi connectivity index (χ0n) is 8.93. The van der Waals surface area contributed by atoms with Crippen LogP contribution < -0.4 is 5.32 Å². The molecule has 0 aromatic heterocycles. The fourth-order valence-corrected chi connectivity index (χ4v) is 1.37. The van der Waals surface area contributed by atoms with Gasteiger partial charge in [-0.25, -0.2) is 0 Å². The van der Waals surface area contributed by atoms with Gasteiger partial charge in [-0.05, 0) is 33.2 Å². The van der Waals surface area contributed by atoms with Crippen molar-refractivity contribution < 1.29 is 9.47 Å². The van der Waals surface area contributed by atoms with Gasteiger partial charge in [-0.2, -0.15) is 0 Å². The van der Waals surface area contributed by atoms with Gasteiger partial charge in [0.05, 0.1) is 12.2 Å². The first-order valence-electron chi connectivity index (χ1n) is 5.00. The van der Waals surface area contributed by atoms with Crippen molar-refractivity contribution in [3.63, 3.8) is 0 Å². The number of hydrogen-bond acceptors (Lipinski definition) is 3. The molecule has 1 saturated heterocycles. The summed E-state index contributed by atoms with van der Waals surface area (Å²) in [5.74, 6) is 0. The summed E-state index contributed by atoms with van der Waals surface area (Å²) in [5.41, 5.74) is -0.00748. The zero-order chi connectivity index (χ0) is 9.73. The summed E-state index contributed by atoms with van der Waals surface area (Å²) in [7, 11) is 1.76. The van der Waals surface area contributed by atoms with Crippen LogP contribution in [0.1, 0.15) is 26.7 Å². The Bertz CT molecular complexity index is 142. The summed E-state index contributed by atoms with van der Waals surface area (Å²) in [4.78, 5) is 0. The van der Waals surface area contributed by atoms with E-state index in [1.165, 1.54) is 0 Å². The first-order chi connectivity index (χ1) is 6.14. The van der Waals surface area contributed by atoms with E-state index in [1.807, 2.05) is 0 Å². The van der Waals surface area contributed by atoms with E-state index in [4.69, 9.17) is 9.47 Å². The molecule has 3 nitrogen and oxygen atoms in total. The molecule has 1 heterocycles. The van der Waals surface area contributed by atoms with Gasteiger partial charge < -0.3 is 14.8 Å². The molecule has 1 aliphatic heterocycles. The minimum absolute atomic E-state index is 0.00748. The third kappa shape index (κ3) is 4.07. The van der Waals surface area contributed by atoms with Crippen LogP contribution >= 0.6 is 0 Å². The topological polar surface area (TPSA) is 30.5 Å². The van der Waals surface area contributed by atoms with Crippen LogP contribution in [0.15, 0.2) is 0 Å². The lowest BCUT2D eigenvalue weighted by Crippen LogP contribution is -2.35. The minimum Gasteiger partial charge on any atom is -0.380 e. The third-order valence-corrected chi connectivity index (χ3v) is 2.64. The Labute approximate surface area is 80.8 Å². The SMILES string of the molecule is COC(C)(C)CCNC1CCOC1. The second-order valence-corrected chi connectivity index (χ2v) is 4.23. The highest BCUT2D eigenvalue weighted by Gasteiger charge is 2.18. The molecule has 1 unspecified atom stereocenters. The molecule has 0 spiro atoms. The molecule has 1 N–H and O–H groups in total. The van der Waals surface area contributed by atoms with Crippen molar-refractivity contribution >= 4 is 0 Å². The van der Waals surface area contributed by atoms with Crippen molar-refractivity contribution in [3.05, 3.63) is 0 Å². The molecule has 3 heteroatoms. The van der Waals surface area contributed by atoms with E-state index in [0.29, 0.717) is 6.04 Å². The fraction of sp³-hybridized carbons (Fsp3) is 1.00. The summed E-state index contributed by atoms with van der Waals surface area (Å²) < 4.78 is 10.6. The van der Waals surface area contributed by atoms with Gasteiger partial charge in [-0.1, -0.05) is 0 Å². The summed E-state index contributed by atoms with van der Waals surface area (Å²) in [5, 5.41) is 3.47. The maximum absolute atomic E-state index is 5.33. The number of hydrogen-bond donors (Lipinski definition) is 1. The predicted octanol–water partition coefficient (Wildman–Crippen LogP) is 1.18. The van der Waals surface area contributed by atoms with Crippen molar-refractivity contribution in [1.29, 1.82) is 0 Å². The van der Waals surface area contributed by atoms with Crippen molar-refractivity contribution in [1.82, 2.24) is 5.32 Å². The standard InChI is InChI=1S/C10H21NO2/c1-10(2,12-3)5-6-11-9-4-7-13-8-9/h9,11H,4-8H2,1-3H3. The molecule has 1 rings (SSSR count). The van der Waals surface area contributed by atoms with E-state index < -0.39 is 0 Å². The molecule has 0 aromatic rings. The van der Waals surface area contributed by atoms with E-state index in [0.717, 1.165) is 32.6 Å². The van der Waals surface area contributed by atoms with Crippen LogP contribution in [0.4, 0.5) is 0 Å². The number of ether oxygens (including phenoxy) is 2. The van der Waals surface area contributed by atoms with E-state index >= 15 is 0 Å². The van der Waals surface area contributed by atoms with Crippen LogP contribution in [0, 0.1) is 0 Å². The van der Waals surface area contributed by atoms with Crippen molar-refractivity contribution in [2.45, 2.75) is 38.3 Å². The van der Waals surface area contributed by atoms with Gasteiger partial charge in [0.1, 0.15) is 0 Å². The molecule has 1 aliphatic rings. The monoisotopic (exact) mass is 187 g/mol. The molecule has 0 aromatic carbocycles. The van der Waals surface area contributed by atoms with Crippen molar-refractivity contribution in [3.8, 4) is 0 Å². The van der Waals surface area contributed by atoms with Crippen LogP contribution in [0.2, 0.25) is 0 Å². The summed E-state index contributed by atoms with van der Waals surface area (Å²) in [6.45, 7) is 7.01. The molecule has 0 bridgehead atoms. The second kappa shape index (κ2) is 4.94. The van der Waals surface area contributed by atoms with Crippen LogP contribution in [0.25, 0.3) is 0 Å². The smallest absolute Gasteiger partial charge is 0.0634 e. The molecule has 0 aliphatic carbocycles. The molecule has 1 atom stereocenters. The van der Waals surface area contributed by atoms with Crippen molar-refractivity contribution in [2.75, 3.05) is 26.9 Å². The number of rotatable bonds is 5. The van der Waals surface area contributed by atoms with E-state index in [-0.39, 0.29) is 5.60 Å². The fourth-order valence-electron chi connectivity index (χ4n) is 1.37. The molecule has 0 amide bonds. The third-order valence-electron chi connectivity index (χ3n) is 2.64. The van der Waals surface area contributed by atoms with Crippen LogP contribution in [0.3, 0.4) is 0 Å². The molecular weight excluding hydrogens is 166 g/mol. The Morgan fingerprint density at radius 1 is 1.54 bits per heavy atom. The Balaban J connectivity index is 2.06. The van der Waals surface area contributed by atoms with Gasteiger partial charge in [-0.15, -0.1) is 0 Å². The summed E-state index contributed by atoms with van der Waals surface area (Å²) in [6, 6.07) is 0.563. The average molecular weight is 187 g/mol. The lowest BCUT2D eigenvalue weighted by atomic mass is 10.1. The molecule has 0 radical (unpaired) electrons. The first-order valence-corrected chi connectivity index (χ1v) is 5.00. The second-order valence-electron chi connectivity index (χ2n) is 4.23. The minimum atomic E-state index is -0.00748. The van der Waals surface area contributed by atoms with Gasteiger partial charge >= 0.3 is 0 Å². The van der Waals surface area contributed by atoms with Gasteiger partial charge in [0.15, 0.2) is 0 Å². The lowest BCUT2D eigenvalue weighted by molar-refractivity contribution is 0.0153. The summed E-state index contributed by atoms with van der Waals surface area (Å²) in [6.07, 6.45) is 2.19. The predicted molar refractivity (Wildman–Crippen MR) is 52.9 cm³/mol. The highest BCUT2D eigenvalue weighted by atomic mass is 16.5. The van der Waals surface area contributed by atoms with E-state index in [9.17, 15) is 0 Å². The normalized spacial score (nSPS) is 23.8. The maximum atomic E-state index is 5.33.